The molecule has 2 heteroatoms. The third-order valence-electron chi connectivity index (χ3n) is 5.77. The van der Waals surface area contributed by atoms with E-state index in [1.54, 1.807) is 38.5 Å². The smallest absolute Gasteiger partial charge is 0.00359 e. The highest BCUT2D eigenvalue weighted by molar-refractivity contribution is 5.85. The second-order valence-corrected chi connectivity index (χ2v) is 7.15. The van der Waals surface area contributed by atoms with Crippen LogP contribution in [0.1, 0.15) is 58.3 Å². The van der Waals surface area contributed by atoms with E-state index in [2.05, 4.69) is 19.3 Å². The number of rotatable bonds is 4. The molecule has 17 heavy (non-hydrogen) atoms. The highest BCUT2D eigenvalue weighted by Crippen LogP contribution is 2.61. The minimum atomic E-state index is 0. The molecule has 0 spiro atoms. The third kappa shape index (κ3) is 2.66. The first-order chi connectivity index (χ1) is 7.69. The zero-order chi connectivity index (χ0) is 11.2. The average Bonchev–Trinajstić information content (AvgIpc) is 2.24. The van der Waals surface area contributed by atoms with Crippen LogP contribution in [0.5, 0.6) is 0 Å². The summed E-state index contributed by atoms with van der Waals surface area (Å²) in [5.74, 6) is 3.36. The van der Waals surface area contributed by atoms with Crippen molar-refractivity contribution in [2.24, 2.45) is 23.2 Å². The summed E-state index contributed by atoms with van der Waals surface area (Å²) in [5.41, 5.74) is 0.792. The van der Waals surface area contributed by atoms with Crippen molar-refractivity contribution in [1.29, 1.82) is 0 Å². The van der Waals surface area contributed by atoms with Gasteiger partial charge in [-0.05, 0) is 88.5 Å². The lowest BCUT2D eigenvalue weighted by atomic mass is 9.48. The predicted molar refractivity (Wildman–Crippen MR) is 75.6 cm³/mol. The van der Waals surface area contributed by atoms with Crippen LogP contribution in [-0.2, 0) is 0 Å². The molecule has 0 aromatic carbocycles. The maximum absolute atomic E-state index is 3.40. The lowest BCUT2D eigenvalue weighted by molar-refractivity contribution is -0.0589. The maximum atomic E-state index is 3.40. The molecule has 100 valence electrons. The Morgan fingerprint density at radius 3 is 1.94 bits per heavy atom. The van der Waals surface area contributed by atoms with Crippen molar-refractivity contribution < 1.29 is 0 Å². The first kappa shape index (κ1) is 13.7. The summed E-state index contributed by atoms with van der Waals surface area (Å²) < 4.78 is 0. The van der Waals surface area contributed by atoms with Crippen LogP contribution in [-0.4, -0.2) is 13.1 Å². The van der Waals surface area contributed by atoms with E-state index in [-0.39, 0.29) is 12.4 Å². The normalized spacial score (nSPS) is 44.5. The Morgan fingerprint density at radius 1 is 1.06 bits per heavy atom. The topological polar surface area (TPSA) is 12.0 Å². The molecule has 0 aliphatic heterocycles. The summed E-state index contributed by atoms with van der Waals surface area (Å²) in [7, 11) is 2.10. The highest BCUT2D eigenvalue weighted by Gasteiger charge is 2.50. The number of halogens is 1. The second-order valence-electron chi connectivity index (χ2n) is 7.15. The Kier molecular flexibility index (Phi) is 4.09. The molecule has 4 aliphatic carbocycles. The van der Waals surface area contributed by atoms with Crippen LogP contribution in [0.15, 0.2) is 0 Å². The van der Waals surface area contributed by atoms with Gasteiger partial charge in [0.15, 0.2) is 0 Å². The van der Waals surface area contributed by atoms with Crippen LogP contribution < -0.4 is 5.32 Å². The molecule has 1 atom stereocenters. The van der Waals surface area contributed by atoms with Crippen LogP contribution in [0.25, 0.3) is 0 Å². The lowest BCUT2D eigenvalue weighted by Gasteiger charge is -2.57. The average molecular weight is 258 g/mol. The van der Waals surface area contributed by atoms with Crippen molar-refractivity contribution in [3.63, 3.8) is 0 Å². The Bertz CT molecular complexity index is 228. The molecule has 4 saturated carbocycles. The third-order valence-corrected chi connectivity index (χ3v) is 5.77. The van der Waals surface area contributed by atoms with Crippen molar-refractivity contribution in [1.82, 2.24) is 5.32 Å². The van der Waals surface area contributed by atoms with Gasteiger partial charge in [0.05, 0.1) is 0 Å². The molecule has 1 unspecified atom stereocenters. The molecule has 1 N–H and O–H groups in total. The van der Waals surface area contributed by atoms with Gasteiger partial charge in [0.1, 0.15) is 0 Å². The standard InChI is InChI=1S/C15H27N.ClH/c1-11(16-2)3-4-15-8-12-5-13(9-15)7-14(6-12)10-15;/h11-14,16H,3-10H2,1-2H3;1H. The Hall–Kier alpha value is 0.250. The van der Waals surface area contributed by atoms with Gasteiger partial charge in [-0.1, -0.05) is 0 Å². The van der Waals surface area contributed by atoms with E-state index < -0.39 is 0 Å². The molecule has 0 aromatic rings. The Balaban J connectivity index is 0.00000108. The molecule has 0 aromatic heterocycles. The van der Waals surface area contributed by atoms with Gasteiger partial charge >= 0.3 is 0 Å². The SMILES string of the molecule is CNC(C)CCC12CC3CC(CC(C3)C1)C2.Cl. The van der Waals surface area contributed by atoms with E-state index in [1.807, 2.05) is 0 Å². The highest BCUT2D eigenvalue weighted by atomic mass is 35.5. The molecule has 4 bridgehead atoms. The summed E-state index contributed by atoms with van der Waals surface area (Å²) in [5, 5.41) is 3.40. The van der Waals surface area contributed by atoms with Crippen molar-refractivity contribution in [2.75, 3.05) is 7.05 Å². The summed E-state index contributed by atoms with van der Waals surface area (Å²) in [6, 6.07) is 0.716. The monoisotopic (exact) mass is 257 g/mol. The zero-order valence-electron chi connectivity index (χ0n) is 11.4. The largest absolute Gasteiger partial charge is 0.317 e. The van der Waals surface area contributed by atoms with Gasteiger partial charge in [0.2, 0.25) is 0 Å². The first-order valence-corrected chi connectivity index (χ1v) is 7.36. The summed E-state index contributed by atoms with van der Waals surface area (Å²) in [4.78, 5) is 0. The molecular weight excluding hydrogens is 230 g/mol. The quantitative estimate of drug-likeness (QED) is 0.802. The minimum absolute atomic E-state index is 0. The van der Waals surface area contributed by atoms with Crippen molar-refractivity contribution in [3.8, 4) is 0 Å². The van der Waals surface area contributed by atoms with Crippen molar-refractivity contribution in [2.45, 2.75) is 64.3 Å². The fourth-order valence-corrected chi connectivity index (χ4v) is 5.26. The predicted octanol–water partition coefficient (Wildman–Crippen LogP) is 4.01. The first-order valence-electron chi connectivity index (χ1n) is 7.36. The molecule has 1 nitrogen and oxygen atoms in total. The van der Waals surface area contributed by atoms with Crippen molar-refractivity contribution >= 4 is 12.4 Å². The Morgan fingerprint density at radius 2 is 1.53 bits per heavy atom. The Labute approximate surface area is 113 Å². The van der Waals surface area contributed by atoms with Gasteiger partial charge in [-0.15, -0.1) is 12.4 Å². The van der Waals surface area contributed by atoms with Crippen molar-refractivity contribution in [3.05, 3.63) is 0 Å². The number of nitrogens with one attached hydrogen (secondary N) is 1. The van der Waals surface area contributed by atoms with E-state index >= 15 is 0 Å². The molecule has 0 radical (unpaired) electrons. The van der Waals surface area contributed by atoms with Crippen LogP contribution in [0, 0.1) is 23.2 Å². The van der Waals surface area contributed by atoms with Crippen LogP contribution in [0.2, 0.25) is 0 Å². The minimum Gasteiger partial charge on any atom is -0.317 e. The molecule has 4 fully saturated rings. The maximum Gasteiger partial charge on any atom is 0.00359 e. The summed E-state index contributed by atoms with van der Waals surface area (Å²) >= 11 is 0. The van der Waals surface area contributed by atoms with Gasteiger partial charge in [0.25, 0.3) is 0 Å². The molecule has 0 amide bonds. The zero-order valence-corrected chi connectivity index (χ0v) is 12.2. The van der Waals surface area contributed by atoms with Gasteiger partial charge < -0.3 is 5.32 Å². The van der Waals surface area contributed by atoms with E-state index in [0.717, 1.165) is 23.2 Å². The van der Waals surface area contributed by atoms with Gasteiger partial charge in [0, 0.05) is 6.04 Å². The molecule has 4 aliphatic rings. The van der Waals surface area contributed by atoms with E-state index in [1.165, 1.54) is 12.8 Å². The van der Waals surface area contributed by atoms with Gasteiger partial charge in [-0.3, -0.25) is 0 Å². The fourth-order valence-electron chi connectivity index (χ4n) is 5.26. The van der Waals surface area contributed by atoms with E-state index in [0.29, 0.717) is 6.04 Å². The fraction of sp³-hybridized carbons (Fsp3) is 1.00. The molecule has 0 heterocycles. The van der Waals surface area contributed by atoms with Gasteiger partial charge in [-0.2, -0.15) is 0 Å². The summed E-state index contributed by atoms with van der Waals surface area (Å²) in [6.07, 6.45) is 12.4. The van der Waals surface area contributed by atoms with Crippen LogP contribution in [0.4, 0.5) is 0 Å². The summed E-state index contributed by atoms with van der Waals surface area (Å²) in [6.45, 7) is 2.33. The van der Waals surface area contributed by atoms with Crippen LogP contribution in [0.3, 0.4) is 0 Å². The number of hydrogen-bond acceptors (Lipinski definition) is 1. The van der Waals surface area contributed by atoms with Gasteiger partial charge in [-0.25, -0.2) is 0 Å². The molecule has 0 saturated heterocycles. The molecular formula is C15H28ClN. The molecule has 4 rings (SSSR count). The van der Waals surface area contributed by atoms with Crippen LogP contribution >= 0.6 is 12.4 Å². The van der Waals surface area contributed by atoms with E-state index in [4.69, 9.17) is 0 Å². The second kappa shape index (κ2) is 5.09. The lowest BCUT2D eigenvalue weighted by Crippen LogP contribution is -2.46. The number of hydrogen-bond donors (Lipinski definition) is 1. The van der Waals surface area contributed by atoms with E-state index in [9.17, 15) is 0 Å².